The van der Waals surface area contributed by atoms with Crippen molar-refractivity contribution in [1.29, 1.82) is 0 Å². The summed E-state index contributed by atoms with van der Waals surface area (Å²) in [6, 6.07) is 8.19. The van der Waals surface area contributed by atoms with Crippen LogP contribution in [0.4, 0.5) is 10.5 Å². The molecule has 3 amide bonds. The minimum absolute atomic E-state index is 0.0480. The average Bonchev–Trinajstić information content (AvgIpc) is 3.29. The largest absolute Gasteiger partial charge is 0.342 e. The van der Waals surface area contributed by atoms with E-state index in [1.807, 2.05) is 33.7 Å². The number of piperazine rings is 1. The summed E-state index contributed by atoms with van der Waals surface area (Å²) in [5.74, 6) is 0.239. The number of piperidine rings is 1. The highest BCUT2D eigenvalue weighted by Crippen LogP contribution is 2.35. The van der Waals surface area contributed by atoms with E-state index in [9.17, 15) is 9.59 Å². The van der Waals surface area contributed by atoms with Crippen LogP contribution in [-0.4, -0.2) is 77.7 Å². The second kappa shape index (κ2) is 10.5. The van der Waals surface area contributed by atoms with E-state index in [1.54, 1.807) is 0 Å². The number of hydrogen-bond acceptors (Lipinski definition) is 4. The number of urea groups is 1. The molecule has 2 saturated heterocycles. The average molecular weight is 431 g/mol. The standard InChI is InChI=1S/C23H34N4O2S/c28-22(26-12-4-1-5-13-26)18-25-14-16-27(17-15-25)23(29)24-19-8-10-21(11-9-19)30-20-6-2-3-7-20/h8-11,20H,1-7,12-18H2,(H,24,29). The normalized spacial score (nSPS) is 21.1. The van der Waals surface area contributed by atoms with Gasteiger partial charge in [0.25, 0.3) is 0 Å². The maximum absolute atomic E-state index is 12.6. The Kier molecular flexibility index (Phi) is 7.55. The molecule has 30 heavy (non-hydrogen) atoms. The number of likely N-dealkylation sites (tertiary alicyclic amines) is 1. The van der Waals surface area contributed by atoms with Gasteiger partial charge in [0.1, 0.15) is 0 Å². The van der Waals surface area contributed by atoms with Gasteiger partial charge in [-0.2, -0.15) is 0 Å². The third kappa shape index (κ3) is 5.91. The molecule has 7 heteroatoms. The molecule has 0 unspecified atom stereocenters. The van der Waals surface area contributed by atoms with Gasteiger partial charge in [0.05, 0.1) is 6.54 Å². The van der Waals surface area contributed by atoms with Crippen molar-refractivity contribution in [1.82, 2.24) is 14.7 Å². The van der Waals surface area contributed by atoms with E-state index in [0.717, 1.165) is 50.0 Å². The van der Waals surface area contributed by atoms with Crippen LogP contribution in [-0.2, 0) is 4.79 Å². The van der Waals surface area contributed by atoms with E-state index in [2.05, 4.69) is 22.3 Å². The van der Waals surface area contributed by atoms with Crippen molar-refractivity contribution in [3.05, 3.63) is 24.3 Å². The summed E-state index contributed by atoms with van der Waals surface area (Å²) in [6.45, 7) is 5.12. The predicted octanol–water partition coefficient (Wildman–Crippen LogP) is 3.88. The van der Waals surface area contributed by atoms with Crippen molar-refractivity contribution in [3.8, 4) is 0 Å². The van der Waals surface area contributed by atoms with Crippen LogP contribution in [0.3, 0.4) is 0 Å². The molecular weight excluding hydrogens is 396 g/mol. The molecular formula is C23H34N4O2S. The molecule has 0 bridgehead atoms. The molecule has 2 aliphatic heterocycles. The van der Waals surface area contributed by atoms with Crippen molar-refractivity contribution in [2.45, 2.75) is 55.1 Å². The highest BCUT2D eigenvalue weighted by atomic mass is 32.2. The van der Waals surface area contributed by atoms with Crippen molar-refractivity contribution < 1.29 is 9.59 Å². The topological polar surface area (TPSA) is 55.9 Å². The first-order valence-electron chi connectivity index (χ1n) is 11.5. The SMILES string of the molecule is O=C(CN1CCN(C(=O)Nc2ccc(SC3CCCC3)cc2)CC1)N1CCCCC1. The number of carbonyl (C=O) groups is 2. The van der Waals surface area contributed by atoms with Crippen LogP contribution in [0.25, 0.3) is 0 Å². The Hall–Kier alpha value is -1.73. The predicted molar refractivity (Wildman–Crippen MR) is 122 cm³/mol. The molecule has 3 fully saturated rings. The molecule has 164 valence electrons. The zero-order chi connectivity index (χ0) is 20.8. The summed E-state index contributed by atoms with van der Waals surface area (Å²) < 4.78 is 0. The zero-order valence-electron chi connectivity index (χ0n) is 17.9. The Morgan fingerprint density at radius 3 is 2.17 bits per heavy atom. The Bertz CT molecular complexity index is 706. The minimum atomic E-state index is -0.0480. The van der Waals surface area contributed by atoms with Crippen LogP contribution >= 0.6 is 11.8 Å². The number of rotatable bonds is 5. The van der Waals surface area contributed by atoms with Gasteiger partial charge in [-0.25, -0.2) is 4.79 Å². The number of benzene rings is 1. The molecule has 2 heterocycles. The van der Waals surface area contributed by atoms with E-state index < -0.39 is 0 Å². The number of hydrogen-bond donors (Lipinski definition) is 1. The third-order valence-electron chi connectivity index (χ3n) is 6.44. The van der Waals surface area contributed by atoms with Gasteiger partial charge < -0.3 is 15.1 Å². The van der Waals surface area contributed by atoms with Crippen molar-refractivity contribution in [2.75, 3.05) is 51.1 Å². The number of amides is 3. The van der Waals surface area contributed by atoms with Gasteiger partial charge in [0.2, 0.25) is 5.91 Å². The van der Waals surface area contributed by atoms with Crippen LogP contribution in [0.5, 0.6) is 0 Å². The van der Waals surface area contributed by atoms with Gasteiger partial charge >= 0.3 is 6.03 Å². The Morgan fingerprint density at radius 1 is 0.833 bits per heavy atom. The first-order valence-corrected chi connectivity index (χ1v) is 12.4. The van der Waals surface area contributed by atoms with Gasteiger partial charge in [-0.3, -0.25) is 9.69 Å². The molecule has 0 atom stereocenters. The highest BCUT2D eigenvalue weighted by Gasteiger charge is 2.25. The lowest BCUT2D eigenvalue weighted by atomic mass is 10.1. The number of nitrogens with zero attached hydrogens (tertiary/aromatic N) is 3. The maximum Gasteiger partial charge on any atom is 0.321 e. The molecule has 0 spiro atoms. The summed E-state index contributed by atoms with van der Waals surface area (Å²) >= 11 is 1.96. The van der Waals surface area contributed by atoms with Crippen molar-refractivity contribution >= 4 is 29.4 Å². The van der Waals surface area contributed by atoms with Gasteiger partial charge in [-0.05, 0) is 56.4 Å². The fraction of sp³-hybridized carbons (Fsp3) is 0.652. The molecule has 1 aliphatic carbocycles. The molecule has 1 aromatic carbocycles. The molecule has 1 N–H and O–H groups in total. The number of carbonyl (C=O) groups excluding carboxylic acids is 2. The fourth-order valence-electron chi connectivity index (χ4n) is 4.56. The number of anilines is 1. The minimum Gasteiger partial charge on any atom is -0.342 e. The van der Waals surface area contributed by atoms with Crippen LogP contribution < -0.4 is 5.32 Å². The van der Waals surface area contributed by atoms with Crippen LogP contribution in [0.15, 0.2) is 29.2 Å². The van der Waals surface area contributed by atoms with E-state index in [0.29, 0.717) is 19.6 Å². The van der Waals surface area contributed by atoms with E-state index in [-0.39, 0.29) is 11.9 Å². The highest BCUT2D eigenvalue weighted by molar-refractivity contribution is 8.00. The van der Waals surface area contributed by atoms with E-state index in [1.165, 1.54) is 37.0 Å². The monoisotopic (exact) mass is 430 g/mol. The second-order valence-electron chi connectivity index (χ2n) is 8.68. The fourth-order valence-corrected chi connectivity index (χ4v) is 5.81. The maximum atomic E-state index is 12.6. The van der Waals surface area contributed by atoms with Crippen LogP contribution in [0.1, 0.15) is 44.9 Å². The lowest BCUT2D eigenvalue weighted by molar-refractivity contribution is -0.133. The third-order valence-corrected chi connectivity index (χ3v) is 7.79. The van der Waals surface area contributed by atoms with E-state index in [4.69, 9.17) is 0 Å². The van der Waals surface area contributed by atoms with E-state index >= 15 is 0 Å². The first kappa shape index (κ1) is 21.5. The number of nitrogens with one attached hydrogen (secondary N) is 1. The summed E-state index contributed by atoms with van der Waals surface area (Å²) in [6.07, 6.45) is 8.83. The Balaban J connectivity index is 1.19. The first-order chi connectivity index (χ1) is 14.7. The zero-order valence-corrected chi connectivity index (χ0v) is 18.7. The molecule has 4 rings (SSSR count). The second-order valence-corrected chi connectivity index (χ2v) is 10.1. The molecule has 6 nitrogen and oxygen atoms in total. The quantitative estimate of drug-likeness (QED) is 0.770. The Morgan fingerprint density at radius 2 is 1.50 bits per heavy atom. The van der Waals surface area contributed by atoms with Crippen LogP contribution in [0, 0.1) is 0 Å². The van der Waals surface area contributed by atoms with Gasteiger partial charge in [0, 0.05) is 55.1 Å². The van der Waals surface area contributed by atoms with Gasteiger partial charge in [0.15, 0.2) is 0 Å². The smallest absolute Gasteiger partial charge is 0.321 e. The Labute approximate surface area is 184 Å². The lowest BCUT2D eigenvalue weighted by Gasteiger charge is -2.36. The molecule has 0 aromatic heterocycles. The summed E-state index contributed by atoms with van der Waals surface area (Å²) in [4.78, 5) is 32.4. The molecule has 0 radical (unpaired) electrons. The van der Waals surface area contributed by atoms with Gasteiger partial charge in [-0.15, -0.1) is 11.8 Å². The van der Waals surface area contributed by atoms with Gasteiger partial charge in [-0.1, -0.05) is 12.8 Å². The summed E-state index contributed by atoms with van der Waals surface area (Å²) in [5, 5.41) is 3.78. The van der Waals surface area contributed by atoms with Crippen molar-refractivity contribution in [2.24, 2.45) is 0 Å². The van der Waals surface area contributed by atoms with Crippen molar-refractivity contribution in [3.63, 3.8) is 0 Å². The summed E-state index contributed by atoms with van der Waals surface area (Å²) in [7, 11) is 0. The lowest BCUT2D eigenvalue weighted by Crippen LogP contribution is -2.52. The molecule has 3 aliphatic rings. The summed E-state index contributed by atoms with van der Waals surface area (Å²) in [5.41, 5.74) is 0.846. The molecule has 1 aromatic rings. The number of thioether (sulfide) groups is 1. The van der Waals surface area contributed by atoms with Crippen LogP contribution in [0.2, 0.25) is 0 Å². The molecule has 1 saturated carbocycles.